The van der Waals surface area contributed by atoms with Gasteiger partial charge in [-0.05, 0) is 41.3 Å². The van der Waals surface area contributed by atoms with E-state index < -0.39 is 12.1 Å². The molecule has 0 spiro atoms. The highest BCUT2D eigenvalue weighted by Gasteiger charge is 2.38. The van der Waals surface area contributed by atoms with Crippen molar-refractivity contribution in [1.82, 2.24) is 9.55 Å². The van der Waals surface area contributed by atoms with Crippen LogP contribution in [-0.4, -0.2) is 26.8 Å². The van der Waals surface area contributed by atoms with E-state index in [2.05, 4.69) is 71.1 Å². The quantitative estimate of drug-likeness (QED) is 0.327. The monoisotopic (exact) mass is 486 g/mol. The maximum Gasteiger partial charge on any atom is 0.490 e. The predicted molar refractivity (Wildman–Crippen MR) is 127 cm³/mol. The molecule has 0 atom stereocenters. The molecule has 0 aliphatic rings. The van der Waals surface area contributed by atoms with Crippen LogP contribution in [0.25, 0.3) is 22.4 Å². The fourth-order valence-corrected chi connectivity index (χ4v) is 3.66. The average molecular weight is 487 g/mol. The largest absolute Gasteiger partial charge is 0.490 e. The second kappa shape index (κ2) is 11.0. The molecule has 34 heavy (non-hydrogen) atoms. The van der Waals surface area contributed by atoms with E-state index in [0.29, 0.717) is 0 Å². The van der Waals surface area contributed by atoms with Crippen molar-refractivity contribution in [3.63, 3.8) is 0 Å². The molecule has 0 saturated carbocycles. The molecular formula is C26H22ClF3N2O2. The number of rotatable bonds is 5. The number of carboxylic acid groups (broad SMARTS) is 1. The molecular weight excluding hydrogens is 465 g/mol. The van der Waals surface area contributed by atoms with Gasteiger partial charge >= 0.3 is 12.1 Å². The van der Waals surface area contributed by atoms with Crippen LogP contribution in [0.4, 0.5) is 13.2 Å². The highest BCUT2D eigenvalue weighted by atomic mass is 35.5. The van der Waals surface area contributed by atoms with E-state index in [1.807, 2.05) is 30.6 Å². The van der Waals surface area contributed by atoms with E-state index in [0.717, 1.165) is 29.2 Å². The summed E-state index contributed by atoms with van der Waals surface area (Å²) in [7, 11) is 0. The lowest BCUT2D eigenvalue weighted by Gasteiger charge is -2.10. The molecule has 4 aromatic rings. The van der Waals surface area contributed by atoms with Gasteiger partial charge < -0.3 is 9.67 Å². The zero-order chi connectivity index (χ0) is 24.7. The number of carbonyl (C=O) groups is 1. The third kappa shape index (κ3) is 6.48. The zero-order valence-electron chi connectivity index (χ0n) is 18.3. The van der Waals surface area contributed by atoms with E-state index in [4.69, 9.17) is 21.5 Å². The lowest BCUT2D eigenvalue weighted by Crippen LogP contribution is -2.21. The van der Waals surface area contributed by atoms with Crippen LogP contribution < -0.4 is 0 Å². The highest BCUT2D eigenvalue weighted by Crippen LogP contribution is 2.27. The molecule has 0 radical (unpaired) electrons. The van der Waals surface area contributed by atoms with Crippen molar-refractivity contribution < 1.29 is 23.1 Å². The van der Waals surface area contributed by atoms with Gasteiger partial charge in [0.2, 0.25) is 0 Å². The van der Waals surface area contributed by atoms with Gasteiger partial charge in [0.15, 0.2) is 0 Å². The van der Waals surface area contributed by atoms with Crippen molar-refractivity contribution in [3.05, 3.63) is 101 Å². The van der Waals surface area contributed by atoms with Crippen molar-refractivity contribution in [2.45, 2.75) is 26.1 Å². The molecule has 1 heterocycles. The number of alkyl halides is 3. The number of hydrogen-bond acceptors (Lipinski definition) is 2. The number of carboxylic acids is 1. The maximum absolute atomic E-state index is 10.6. The van der Waals surface area contributed by atoms with Crippen molar-refractivity contribution >= 4 is 17.6 Å². The fraction of sp³-hybridized carbons (Fsp3) is 0.154. The van der Waals surface area contributed by atoms with Gasteiger partial charge in [-0.1, -0.05) is 79.2 Å². The number of halogens is 4. The molecule has 0 aliphatic heterocycles. The van der Waals surface area contributed by atoms with Crippen LogP contribution in [0.5, 0.6) is 0 Å². The number of aromatic nitrogens is 2. The van der Waals surface area contributed by atoms with Crippen molar-refractivity contribution in [2.24, 2.45) is 0 Å². The SMILES string of the molecule is CCc1c(-c2cccc(Cl)c2)ncn1Cc1cccc(-c2ccccc2)c1.O=C(O)C(F)(F)F. The molecule has 1 aromatic heterocycles. The number of imidazole rings is 1. The number of aliphatic carboxylic acids is 1. The summed E-state index contributed by atoms with van der Waals surface area (Å²) in [6.07, 6.45) is -2.23. The summed E-state index contributed by atoms with van der Waals surface area (Å²) >= 11 is 6.17. The van der Waals surface area contributed by atoms with Crippen molar-refractivity contribution in [2.75, 3.05) is 0 Å². The van der Waals surface area contributed by atoms with Crippen LogP contribution in [0.3, 0.4) is 0 Å². The normalized spacial score (nSPS) is 11.0. The van der Waals surface area contributed by atoms with Gasteiger partial charge in [-0.3, -0.25) is 0 Å². The molecule has 0 aliphatic carbocycles. The number of nitrogens with zero attached hydrogens (tertiary/aromatic N) is 2. The van der Waals surface area contributed by atoms with Gasteiger partial charge in [-0.25, -0.2) is 9.78 Å². The average Bonchev–Trinajstić information content (AvgIpc) is 3.22. The lowest BCUT2D eigenvalue weighted by molar-refractivity contribution is -0.192. The first-order valence-corrected chi connectivity index (χ1v) is 10.8. The molecule has 0 unspecified atom stereocenters. The topological polar surface area (TPSA) is 55.1 Å². The van der Waals surface area contributed by atoms with Crippen LogP contribution in [0.2, 0.25) is 5.02 Å². The smallest absolute Gasteiger partial charge is 0.475 e. The van der Waals surface area contributed by atoms with Crippen LogP contribution in [0.1, 0.15) is 18.2 Å². The van der Waals surface area contributed by atoms with E-state index in [1.54, 1.807) is 0 Å². The molecule has 0 amide bonds. The van der Waals surface area contributed by atoms with Gasteiger partial charge in [0.25, 0.3) is 0 Å². The van der Waals surface area contributed by atoms with Crippen LogP contribution in [0, 0.1) is 0 Å². The van der Waals surface area contributed by atoms with Gasteiger partial charge in [0.05, 0.1) is 12.0 Å². The molecule has 4 rings (SSSR count). The molecule has 8 heteroatoms. The van der Waals surface area contributed by atoms with Gasteiger partial charge in [0, 0.05) is 22.8 Å². The Bertz CT molecular complexity index is 1250. The third-order valence-electron chi connectivity index (χ3n) is 5.01. The lowest BCUT2D eigenvalue weighted by atomic mass is 10.0. The Morgan fingerprint density at radius 1 is 0.941 bits per heavy atom. The van der Waals surface area contributed by atoms with Gasteiger partial charge in [0.1, 0.15) is 0 Å². The Morgan fingerprint density at radius 2 is 1.56 bits per heavy atom. The van der Waals surface area contributed by atoms with Crippen LogP contribution >= 0.6 is 11.6 Å². The van der Waals surface area contributed by atoms with Crippen LogP contribution in [-0.2, 0) is 17.8 Å². The van der Waals surface area contributed by atoms with Crippen LogP contribution in [0.15, 0.2) is 85.2 Å². The second-order valence-electron chi connectivity index (χ2n) is 7.40. The predicted octanol–water partition coefficient (Wildman–Crippen LogP) is 7.11. The molecule has 0 bridgehead atoms. The van der Waals surface area contributed by atoms with Crippen molar-refractivity contribution in [1.29, 1.82) is 0 Å². The zero-order valence-corrected chi connectivity index (χ0v) is 19.0. The minimum Gasteiger partial charge on any atom is -0.475 e. The fourth-order valence-electron chi connectivity index (χ4n) is 3.47. The third-order valence-corrected chi connectivity index (χ3v) is 5.24. The van der Waals surface area contributed by atoms with E-state index in [9.17, 15) is 13.2 Å². The van der Waals surface area contributed by atoms with Crippen molar-refractivity contribution in [3.8, 4) is 22.4 Å². The summed E-state index contributed by atoms with van der Waals surface area (Å²) in [6, 6.07) is 27.1. The molecule has 3 aromatic carbocycles. The first-order valence-electron chi connectivity index (χ1n) is 10.4. The number of hydrogen-bond donors (Lipinski definition) is 1. The summed E-state index contributed by atoms with van der Waals surface area (Å²) in [6.45, 7) is 2.97. The summed E-state index contributed by atoms with van der Waals surface area (Å²) in [4.78, 5) is 13.6. The number of benzene rings is 3. The molecule has 1 N–H and O–H groups in total. The molecule has 176 valence electrons. The highest BCUT2D eigenvalue weighted by molar-refractivity contribution is 6.30. The Balaban J connectivity index is 0.000000406. The summed E-state index contributed by atoms with van der Waals surface area (Å²) in [5.41, 5.74) is 7.04. The van der Waals surface area contributed by atoms with E-state index in [-0.39, 0.29) is 0 Å². The minimum absolute atomic E-state index is 0.736. The van der Waals surface area contributed by atoms with Gasteiger partial charge in [-0.15, -0.1) is 0 Å². The second-order valence-corrected chi connectivity index (χ2v) is 7.84. The van der Waals surface area contributed by atoms with E-state index in [1.165, 1.54) is 22.4 Å². The molecule has 4 nitrogen and oxygen atoms in total. The first kappa shape index (κ1) is 25.1. The standard InChI is InChI=1S/C24H21ClN2.C2HF3O2/c1-2-23-24(21-12-7-13-22(25)15-21)26-17-27(23)16-18-8-6-11-20(14-18)19-9-4-3-5-10-19;3-2(4,5)1(6)7/h3-15,17H,2,16H2,1H3;(H,6,7). The van der Waals surface area contributed by atoms with E-state index >= 15 is 0 Å². The Hall–Kier alpha value is -3.58. The summed E-state index contributed by atoms with van der Waals surface area (Å²) in [5, 5.41) is 7.86. The molecule has 0 fully saturated rings. The molecule has 0 saturated heterocycles. The minimum atomic E-state index is -5.08. The Morgan fingerprint density at radius 3 is 2.18 bits per heavy atom. The Labute approximate surface area is 200 Å². The first-order chi connectivity index (χ1) is 16.2. The Kier molecular flexibility index (Phi) is 8.12. The summed E-state index contributed by atoms with van der Waals surface area (Å²) < 4.78 is 34.0. The van der Waals surface area contributed by atoms with Gasteiger partial charge in [-0.2, -0.15) is 13.2 Å². The summed E-state index contributed by atoms with van der Waals surface area (Å²) in [5.74, 6) is -2.76. The maximum atomic E-state index is 10.6.